The molecule has 2 aromatic rings. The molecule has 2 rings (SSSR count). The van der Waals surface area contributed by atoms with Crippen LogP contribution in [0.25, 0.3) is 0 Å². The van der Waals surface area contributed by atoms with Crippen LogP contribution >= 0.6 is 0 Å². The Bertz CT molecular complexity index is 563. The molecule has 0 fully saturated rings. The molecule has 0 amide bonds. The minimum absolute atomic E-state index is 0.166. The van der Waals surface area contributed by atoms with E-state index in [1.165, 1.54) is 0 Å². The van der Waals surface area contributed by atoms with Crippen molar-refractivity contribution < 1.29 is 19.4 Å². The zero-order valence-corrected chi connectivity index (χ0v) is 11.9. The lowest BCUT2D eigenvalue weighted by Crippen LogP contribution is -2.25. The maximum atomic E-state index is 11.7. The number of carbonyl (C=O) groups excluding carboxylic acids is 1. The Hall–Kier alpha value is -2.33. The maximum absolute atomic E-state index is 11.7. The van der Waals surface area contributed by atoms with E-state index in [-0.39, 0.29) is 13.0 Å². The summed E-state index contributed by atoms with van der Waals surface area (Å²) in [7, 11) is 1.59. The molecule has 0 unspecified atom stereocenters. The van der Waals surface area contributed by atoms with Gasteiger partial charge in [0.15, 0.2) is 6.10 Å². The van der Waals surface area contributed by atoms with Crippen LogP contribution in [-0.2, 0) is 22.6 Å². The summed E-state index contributed by atoms with van der Waals surface area (Å²) in [6, 6.07) is 16.6. The molecule has 0 aliphatic rings. The van der Waals surface area contributed by atoms with Crippen molar-refractivity contribution in [2.45, 2.75) is 19.1 Å². The fourth-order valence-electron chi connectivity index (χ4n) is 1.89. The van der Waals surface area contributed by atoms with Crippen molar-refractivity contribution in [3.63, 3.8) is 0 Å². The van der Waals surface area contributed by atoms with Crippen LogP contribution in [0.1, 0.15) is 11.1 Å². The second-order valence-corrected chi connectivity index (χ2v) is 4.66. The number of benzene rings is 2. The van der Waals surface area contributed by atoms with Gasteiger partial charge in [0.1, 0.15) is 12.4 Å². The third-order valence-electron chi connectivity index (χ3n) is 3.08. The van der Waals surface area contributed by atoms with Gasteiger partial charge < -0.3 is 14.6 Å². The van der Waals surface area contributed by atoms with Gasteiger partial charge in [-0.3, -0.25) is 0 Å². The van der Waals surface area contributed by atoms with Gasteiger partial charge in [-0.1, -0.05) is 42.5 Å². The minimum Gasteiger partial charge on any atom is -0.497 e. The molecule has 110 valence electrons. The molecule has 0 spiro atoms. The van der Waals surface area contributed by atoms with E-state index in [0.29, 0.717) is 0 Å². The largest absolute Gasteiger partial charge is 0.497 e. The summed E-state index contributed by atoms with van der Waals surface area (Å²) in [6.07, 6.45) is -0.945. The van der Waals surface area contributed by atoms with Crippen LogP contribution in [0.15, 0.2) is 54.6 Å². The summed E-state index contributed by atoms with van der Waals surface area (Å²) in [6.45, 7) is 0.166. The Labute approximate surface area is 123 Å². The molecule has 4 nitrogen and oxygen atoms in total. The third-order valence-corrected chi connectivity index (χ3v) is 3.08. The summed E-state index contributed by atoms with van der Waals surface area (Å²) in [4.78, 5) is 11.7. The second kappa shape index (κ2) is 7.45. The van der Waals surface area contributed by atoms with Gasteiger partial charge >= 0.3 is 5.97 Å². The number of ether oxygens (including phenoxy) is 2. The van der Waals surface area contributed by atoms with Crippen molar-refractivity contribution in [3.8, 4) is 5.75 Å². The van der Waals surface area contributed by atoms with Gasteiger partial charge in [-0.2, -0.15) is 0 Å². The van der Waals surface area contributed by atoms with E-state index in [2.05, 4.69) is 0 Å². The van der Waals surface area contributed by atoms with Gasteiger partial charge in [0.25, 0.3) is 0 Å². The van der Waals surface area contributed by atoms with Crippen LogP contribution in [-0.4, -0.2) is 24.3 Å². The number of hydrogen-bond donors (Lipinski definition) is 1. The fraction of sp³-hybridized carbons (Fsp3) is 0.235. The van der Waals surface area contributed by atoms with E-state index in [1.807, 2.05) is 42.5 Å². The normalized spacial score (nSPS) is 11.7. The van der Waals surface area contributed by atoms with Crippen molar-refractivity contribution >= 4 is 5.97 Å². The summed E-state index contributed by atoms with van der Waals surface area (Å²) < 4.78 is 10.1. The second-order valence-electron chi connectivity index (χ2n) is 4.66. The molecule has 1 atom stereocenters. The summed E-state index contributed by atoms with van der Waals surface area (Å²) >= 11 is 0. The number of aliphatic hydroxyl groups is 1. The first-order valence-electron chi connectivity index (χ1n) is 6.70. The number of esters is 1. The number of methoxy groups -OCH3 is 1. The molecule has 0 saturated carbocycles. The highest BCUT2D eigenvalue weighted by Gasteiger charge is 2.17. The topological polar surface area (TPSA) is 55.8 Å². The average Bonchev–Trinajstić information content (AvgIpc) is 2.54. The predicted molar refractivity (Wildman–Crippen MR) is 78.9 cm³/mol. The van der Waals surface area contributed by atoms with Crippen molar-refractivity contribution in [1.29, 1.82) is 0 Å². The Balaban J connectivity index is 1.84. The Kier molecular flexibility index (Phi) is 5.35. The molecule has 1 N–H and O–H groups in total. The Morgan fingerprint density at radius 3 is 2.33 bits per heavy atom. The lowest BCUT2D eigenvalue weighted by Gasteiger charge is -2.11. The highest BCUT2D eigenvalue weighted by atomic mass is 16.5. The molecule has 0 heterocycles. The number of aliphatic hydroxyl groups excluding tert-OH is 1. The lowest BCUT2D eigenvalue weighted by atomic mass is 10.1. The van der Waals surface area contributed by atoms with Crippen molar-refractivity contribution in [1.82, 2.24) is 0 Å². The van der Waals surface area contributed by atoms with E-state index >= 15 is 0 Å². The zero-order chi connectivity index (χ0) is 15.1. The molecular formula is C17H18O4. The van der Waals surface area contributed by atoms with Gasteiger partial charge in [0.2, 0.25) is 0 Å². The SMILES string of the molecule is COc1ccc(C[C@@H](O)C(=O)OCc2ccccc2)cc1. The molecular weight excluding hydrogens is 268 g/mol. The van der Waals surface area contributed by atoms with Crippen LogP contribution in [0.3, 0.4) is 0 Å². The van der Waals surface area contributed by atoms with Crippen molar-refractivity contribution in [2.24, 2.45) is 0 Å². The first-order valence-corrected chi connectivity index (χ1v) is 6.70. The molecule has 0 aromatic heterocycles. The average molecular weight is 286 g/mol. The predicted octanol–water partition coefficient (Wildman–Crippen LogP) is 2.34. The lowest BCUT2D eigenvalue weighted by molar-refractivity contribution is -0.154. The fourth-order valence-corrected chi connectivity index (χ4v) is 1.89. The molecule has 4 heteroatoms. The zero-order valence-electron chi connectivity index (χ0n) is 11.9. The van der Waals surface area contributed by atoms with Crippen LogP contribution in [0.5, 0.6) is 5.75 Å². The third kappa shape index (κ3) is 4.61. The molecule has 0 aliphatic heterocycles. The molecule has 2 aromatic carbocycles. The first kappa shape index (κ1) is 15.1. The highest BCUT2D eigenvalue weighted by molar-refractivity contribution is 5.74. The molecule has 0 aliphatic carbocycles. The first-order chi connectivity index (χ1) is 10.2. The number of carbonyl (C=O) groups is 1. The van der Waals surface area contributed by atoms with E-state index in [1.54, 1.807) is 19.2 Å². The summed E-state index contributed by atoms with van der Waals surface area (Å²) in [5, 5.41) is 9.87. The van der Waals surface area contributed by atoms with Gasteiger partial charge in [-0.15, -0.1) is 0 Å². The number of hydrogen-bond acceptors (Lipinski definition) is 4. The molecule has 0 saturated heterocycles. The molecule has 0 radical (unpaired) electrons. The van der Waals surface area contributed by atoms with Crippen LogP contribution < -0.4 is 4.74 Å². The number of rotatable bonds is 6. The van der Waals surface area contributed by atoms with Crippen LogP contribution in [0.4, 0.5) is 0 Å². The maximum Gasteiger partial charge on any atom is 0.335 e. The van der Waals surface area contributed by atoms with Gasteiger partial charge in [-0.05, 0) is 23.3 Å². The van der Waals surface area contributed by atoms with E-state index in [4.69, 9.17) is 9.47 Å². The standard InChI is InChI=1S/C17H18O4/c1-20-15-9-7-13(8-10-15)11-16(18)17(19)21-12-14-5-3-2-4-6-14/h2-10,16,18H,11-12H2,1H3/t16-/m1/s1. The van der Waals surface area contributed by atoms with E-state index in [9.17, 15) is 9.90 Å². The quantitative estimate of drug-likeness (QED) is 0.828. The van der Waals surface area contributed by atoms with Crippen molar-refractivity contribution in [3.05, 3.63) is 65.7 Å². The van der Waals surface area contributed by atoms with Gasteiger partial charge in [0.05, 0.1) is 7.11 Å². The Morgan fingerprint density at radius 1 is 1.05 bits per heavy atom. The van der Waals surface area contributed by atoms with E-state index < -0.39 is 12.1 Å². The van der Waals surface area contributed by atoms with Gasteiger partial charge in [0, 0.05) is 6.42 Å². The smallest absolute Gasteiger partial charge is 0.335 e. The molecule has 21 heavy (non-hydrogen) atoms. The van der Waals surface area contributed by atoms with Crippen molar-refractivity contribution in [2.75, 3.05) is 7.11 Å². The monoisotopic (exact) mass is 286 g/mol. The highest BCUT2D eigenvalue weighted by Crippen LogP contribution is 2.13. The molecule has 0 bridgehead atoms. The van der Waals surface area contributed by atoms with Crippen LogP contribution in [0.2, 0.25) is 0 Å². The van der Waals surface area contributed by atoms with Gasteiger partial charge in [-0.25, -0.2) is 4.79 Å². The Morgan fingerprint density at radius 2 is 1.71 bits per heavy atom. The summed E-state index contributed by atoms with van der Waals surface area (Å²) in [5.41, 5.74) is 1.74. The summed E-state index contributed by atoms with van der Waals surface area (Å²) in [5.74, 6) is 0.120. The van der Waals surface area contributed by atoms with Crippen LogP contribution in [0, 0.1) is 0 Å². The van der Waals surface area contributed by atoms with E-state index in [0.717, 1.165) is 16.9 Å². The minimum atomic E-state index is -1.16.